The minimum absolute atomic E-state index is 0.0594. The molecule has 2 aromatic rings. The third-order valence-corrected chi connectivity index (χ3v) is 5.36. The van der Waals surface area contributed by atoms with Gasteiger partial charge in [-0.25, -0.2) is 4.79 Å². The van der Waals surface area contributed by atoms with E-state index < -0.39 is 48.0 Å². The highest BCUT2D eigenvalue weighted by Crippen LogP contribution is 2.27. The lowest BCUT2D eigenvalue weighted by atomic mass is 10.0. The van der Waals surface area contributed by atoms with Gasteiger partial charge in [0.2, 0.25) is 11.8 Å². The third-order valence-electron chi connectivity index (χ3n) is 5.36. The standard InChI is InChI=1S/C27H33N5O6/c1-17-7-5-6-8-20(17)30-24(35)23(18-9-11-19(33)12-10-18)32(16-15-28)25(36)21(13-14-22(29)34)31-26(37)38-27(2,3)4/h5-12,21,23,33H,13-14,16H2,1-4H3,(H2,29,34)(H,30,35)(H,31,37). The molecule has 0 fully saturated rings. The molecule has 0 radical (unpaired) electrons. The largest absolute Gasteiger partial charge is 0.508 e. The molecule has 202 valence electrons. The van der Waals surface area contributed by atoms with E-state index in [1.54, 1.807) is 52.0 Å². The molecule has 11 heteroatoms. The van der Waals surface area contributed by atoms with Crippen molar-refractivity contribution in [2.45, 2.75) is 58.2 Å². The molecule has 0 aliphatic rings. The Balaban J connectivity index is 2.51. The number of benzene rings is 2. The summed E-state index contributed by atoms with van der Waals surface area (Å²) in [5, 5.41) is 24.6. The zero-order chi connectivity index (χ0) is 28.5. The summed E-state index contributed by atoms with van der Waals surface area (Å²) < 4.78 is 5.25. The number of amides is 4. The Kier molecular flexibility index (Phi) is 10.2. The van der Waals surface area contributed by atoms with Gasteiger partial charge in [-0.1, -0.05) is 30.3 Å². The molecule has 0 bridgehead atoms. The summed E-state index contributed by atoms with van der Waals surface area (Å²) >= 11 is 0. The van der Waals surface area contributed by atoms with Crippen LogP contribution >= 0.6 is 0 Å². The molecule has 0 saturated carbocycles. The summed E-state index contributed by atoms with van der Waals surface area (Å²) in [6.07, 6.45) is -1.34. The molecule has 2 rings (SSSR count). The molecule has 0 heterocycles. The molecule has 0 aliphatic carbocycles. The Morgan fingerprint density at radius 3 is 2.29 bits per heavy atom. The van der Waals surface area contributed by atoms with Crippen LogP contribution in [-0.4, -0.2) is 52.0 Å². The number of carbonyl (C=O) groups is 4. The number of hydrogen-bond acceptors (Lipinski definition) is 7. The van der Waals surface area contributed by atoms with Crippen LogP contribution in [-0.2, 0) is 19.1 Å². The summed E-state index contributed by atoms with van der Waals surface area (Å²) in [4.78, 5) is 52.4. The zero-order valence-electron chi connectivity index (χ0n) is 21.9. The molecule has 2 atom stereocenters. The quantitative estimate of drug-likeness (QED) is 0.346. The highest BCUT2D eigenvalue weighted by atomic mass is 16.6. The lowest BCUT2D eigenvalue weighted by Crippen LogP contribution is -2.52. The number of para-hydroxylation sites is 1. The van der Waals surface area contributed by atoms with Gasteiger partial charge in [0, 0.05) is 12.1 Å². The highest BCUT2D eigenvalue weighted by molar-refractivity contribution is 5.99. The number of hydrogen-bond donors (Lipinski definition) is 4. The second-order valence-corrected chi connectivity index (χ2v) is 9.63. The maximum absolute atomic E-state index is 13.8. The second kappa shape index (κ2) is 13.1. The Labute approximate surface area is 221 Å². The Morgan fingerprint density at radius 2 is 1.74 bits per heavy atom. The van der Waals surface area contributed by atoms with Crippen LogP contribution in [0.25, 0.3) is 0 Å². The number of rotatable bonds is 10. The van der Waals surface area contributed by atoms with Crippen molar-refractivity contribution in [2.75, 3.05) is 11.9 Å². The van der Waals surface area contributed by atoms with Crippen LogP contribution in [0.1, 0.15) is 50.8 Å². The van der Waals surface area contributed by atoms with E-state index in [0.717, 1.165) is 10.5 Å². The number of aromatic hydroxyl groups is 1. The van der Waals surface area contributed by atoms with Crippen LogP contribution < -0.4 is 16.4 Å². The molecule has 11 nitrogen and oxygen atoms in total. The first-order chi connectivity index (χ1) is 17.8. The van der Waals surface area contributed by atoms with Gasteiger partial charge in [-0.15, -0.1) is 0 Å². The van der Waals surface area contributed by atoms with Crippen molar-refractivity contribution in [1.29, 1.82) is 5.26 Å². The number of phenolic OH excluding ortho intramolecular Hbond substituents is 1. The Morgan fingerprint density at radius 1 is 1.11 bits per heavy atom. The van der Waals surface area contributed by atoms with Gasteiger partial charge in [-0.05, 0) is 63.4 Å². The molecule has 2 aromatic carbocycles. The SMILES string of the molecule is Cc1ccccc1NC(=O)C(c1ccc(O)cc1)N(CC#N)C(=O)C(CCC(N)=O)NC(=O)OC(C)(C)C. The van der Waals surface area contributed by atoms with Crippen LogP contribution in [0.15, 0.2) is 48.5 Å². The van der Waals surface area contributed by atoms with Gasteiger partial charge in [0.1, 0.15) is 30.0 Å². The molecule has 38 heavy (non-hydrogen) atoms. The third kappa shape index (κ3) is 8.81. The number of primary amides is 1. The van der Waals surface area contributed by atoms with E-state index in [0.29, 0.717) is 11.3 Å². The van der Waals surface area contributed by atoms with Crippen molar-refractivity contribution in [3.63, 3.8) is 0 Å². The number of nitriles is 1. The average Bonchev–Trinajstić information content (AvgIpc) is 2.82. The van der Waals surface area contributed by atoms with E-state index in [-0.39, 0.29) is 18.6 Å². The summed E-state index contributed by atoms with van der Waals surface area (Å²) in [5.41, 5.74) is 5.99. The van der Waals surface area contributed by atoms with Crippen LogP contribution in [0, 0.1) is 18.3 Å². The number of phenols is 1. The topological polar surface area (TPSA) is 175 Å². The lowest BCUT2D eigenvalue weighted by molar-refractivity contribution is -0.140. The van der Waals surface area contributed by atoms with Crippen molar-refractivity contribution in [2.24, 2.45) is 5.73 Å². The first-order valence-electron chi connectivity index (χ1n) is 11.9. The van der Waals surface area contributed by atoms with Gasteiger partial charge in [-0.3, -0.25) is 14.4 Å². The van der Waals surface area contributed by atoms with Crippen LogP contribution in [0.2, 0.25) is 0 Å². The number of nitrogens with two attached hydrogens (primary N) is 1. The smallest absolute Gasteiger partial charge is 0.408 e. The van der Waals surface area contributed by atoms with E-state index in [4.69, 9.17) is 10.5 Å². The molecular formula is C27H33N5O6. The number of carbonyl (C=O) groups excluding carboxylic acids is 4. The van der Waals surface area contributed by atoms with Crippen molar-refractivity contribution >= 4 is 29.5 Å². The van der Waals surface area contributed by atoms with Crippen molar-refractivity contribution < 1.29 is 29.0 Å². The fourth-order valence-electron chi connectivity index (χ4n) is 3.61. The van der Waals surface area contributed by atoms with E-state index >= 15 is 0 Å². The van der Waals surface area contributed by atoms with E-state index in [9.17, 15) is 29.5 Å². The predicted octanol–water partition coefficient (Wildman–Crippen LogP) is 2.89. The van der Waals surface area contributed by atoms with Crippen LogP contribution in [0.3, 0.4) is 0 Å². The zero-order valence-corrected chi connectivity index (χ0v) is 21.9. The fourth-order valence-corrected chi connectivity index (χ4v) is 3.61. The fraction of sp³-hybridized carbons (Fsp3) is 0.370. The molecule has 0 spiro atoms. The van der Waals surface area contributed by atoms with Gasteiger partial charge < -0.3 is 31.1 Å². The van der Waals surface area contributed by atoms with Crippen molar-refractivity contribution in [3.05, 3.63) is 59.7 Å². The van der Waals surface area contributed by atoms with E-state index in [1.165, 1.54) is 24.3 Å². The number of ether oxygens (including phenoxy) is 1. The number of nitrogens with one attached hydrogen (secondary N) is 2. The molecule has 5 N–H and O–H groups in total. The number of anilines is 1. The van der Waals surface area contributed by atoms with E-state index in [2.05, 4.69) is 10.6 Å². The average molecular weight is 524 g/mol. The second-order valence-electron chi connectivity index (χ2n) is 9.63. The summed E-state index contributed by atoms with van der Waals surface area (Å²) in [6, 6.07) is 11.9. The maximum Gasteiger partial charge on any atom is 0.408 e. The van der Waals surface area contributed by atoms with Gasteiger partial charge in [0.25, 0.3) is 5.91 Å². The summed E-state index contributed by atoms with van der Waals surface area (Å²) in [7, 11) is 0. The normalized spacial score (nSPS) is 12.4. The van der Waals surface area contributed by atoms with Crippen LogP contribution in [0.5, 0.6) is 5.75 Å². The molecule has 2 unspecified atom stereocenters. The van der Waals surface area contributed by atoms with Crippen molar-refractivity contribution in [1.82, 2.24) is 10.2 Å². The minimum atomic E-state index is -1.32. The van der Waals surface area contributed by atoms with Crippen LogP contribution in [0.4, 0.5) is 10.5 Å². The van der Waals surface area contributed by atoms with Gasteiger partial charge in [0.15, 0.2) is 0 Å². The first kappa shape index (κ1) is 29.6. The van der Waals surface area contributed by atoms with Gasteiger partial charge in [0.05, 0.1) is 6.07 Å². The molecule has 0 aliphatic heterocycles. The Bertz CT molecular complexity index is 1200. The number of alkyl carbamates (subject to hydrolysis) is 1. The molecular weight excluding hydrogens is 490 g/mol. The Hall–Kier alpha value is -4.59. The highest BCUT2D eigenvalue weighted by Gasteiger charge is 2.36. The minimum Gasteiger partial charge on any atom is -0.508 e. The lowest BCUT2D eigenvalue weighted by Gasteiger charge is -2.33. The molecule has 0 saturated heterocycles. The monoisotopic (exact) mass is 523 g/mol. The predicted molar refractivity (Wildman–Crippen MR) is 140 cm³/mol. The van der Waals surface area contributed by atoms with Crippen molar-refractivity contribution in [3.8, 4) is 11.8 Å². The summed E-state index contributed by atoms with van der Waals surface area (Å²) in [6.45, 7) is 6.21. The van der Waals surface area contributed by atoms with Gasteiger partial charge >= 0.3 is 6.09 Å². The first-order valence-corrected chi connectivity index (χ1v) is 11.9. The number of aryl methyl sites for hydroxylation is 1. The number of nitrogens with zero attached hydrogens (tertiary/aromatic N) is 2. The summed E-state index contributed by atoms with van der Waals surface area (Å²) in [5.74, 6) is -2.18. The van der Waals surface area contributed by atoms with E-state index in [1.807, 2.05) is 6.07 Å². The molecule has 4 amide bonds. The maximum atomic E-state index is 13.8. The molecule has 0 aromatic heterocycles. The van der Waals surface area contributed by atoms with Gasteiger partial charge in [-0.2, -0.15) is 5.26 Å².